The number of amides is 1. The summed E-state index contributed by atoms with van der Waals surface area (Å²) in [7, 11) is 0. The van der Waals surface area contributed by atoms with E-state index in [1.54, 1.807) is 27.9 Å². The molecule has 1 aliphatic heterocycles. The number of phenols is 1. The number of imidazole rings is 1. The molecule has 0 unspecified atom stereocenters. The SMILES string of the molecule is C=CC(=O)N1CCN(c2nc(=O)n(-c3nccn3C(C)C)c3nc(-c4c(O)cccc4F)c(Cl)cc23)[C@@H](C)C1. The van der Waals surface area contributed by atoms with Gasteiger partial charge in [0.1, 0.15) is 17.4 Å². The number of anilines is 1. The highest BCUT2D eigenvalue weighted by molar-refractivity contribution is 6.34. The van der Waals surface area contributed by atoms with Gasteiger partial charge in [0.05, 0.1) is 21.7 Å². The Hall–Kier alpha value is -4.25. The molecular weight excluding hydrogens is 525 g/mol. The predicted molar refractivity (Wildman–Crippen MR) is 147 cm³/mol. The molecule has 1 amide bonds. The van der Waals surface area contributed by atoms with Crippen molar-refractivity contribution in [1.82, 2.24) is 29.0 Å². The zero-order valence-corrected chi connectivity index (χ0v) is 22.4. The maximum Gasteiger partial charge on any atom is 0.358 e. The first kappa shape index (κ1) is 26.4. The van der Waals surface area contributed by atoms with Crippen LogP contribution in [-0.2, 0) is 4.79 Å². The molecule has 10 nitrogen and oxygen atoms in total. The number of carbonyl (C=O) groups is 1. The summed E-state index contributed by atoms with van der Waals surface area (Å²) in [4.78, 5) is 42.9. The van der Waals surface area contributed by atoms with Gasteiger partial charge in [0.25, 0.3) is 0 Å². The number of carbonyl (C=O) groups excluding carboxylic acids is 1. The van der Waals surface area contributed by atoms with Gasteiger partial charge in [-0.25, -0.2) is 23.7 Å². The summed E-state index contributed by atoms with van der Waals surface area (Å²) in [6.45, 7) is 10.6. The number of aromatic nitrogens is 5. The van der Waals surface area contributed by atoms with Gasteiger partial charge in [0.2, 0.25) is 11.9 Å². The minimum Gasteiger partial charge on any atom is -0.507 e. The first-order valence-corrected chi connectivity index (χ1v) is 12.8. The summed E-state index contributed by atoms with van der Waals surface area (Å²) in [5.74, 6) is -0.605. The molecule has 0 saturated carbocycles. The fourth-order valence-corrected chi connectivity index (χ4v) is 5.16. The lowest BCUT2D eigenvalue weighted by molar-refractivity contribution is -0.126. The molecule has 3 aromatic heterocycles. The molecule has 1 saturated heterocycles. The van der Waals surface area contributed by atoms with Crippen molar-refractivity contribution in [3.05, 3.63) is 70.6 Å². The second-order valence-electron chi connectivity index (χ2n) is 9.64. The summed E-state index contributed by atoms with van der Waals surface area (Å²) < 4.78 is 17.9. The molecule has 0 spiro atoms. The average Bonchev–Trinajstić information content (AvgIpc) is 3.38. The normalized spacial score (nSPS) is 15.8. The molecule has 4 aromatic rings. The van der Waals surface area contributed by atoms with Crippen molar-refractivity contribution in [3.63, 3.8) is 0 Å². The molecule has 202 valence electrons. The van der Waals surface area contributed by atoms with E-state index in [0.29, 0.717) is 30.8 Å². The highest BCUT2D eigenvalue weighted by Crippen LogP contribution is 2.38. The molecule has 5 rings (SSSR count). The number of aromatic hydroxyl groups is 1. The second kappa shape index (κ2) is 10.1. The molecule has 1 aliphatic rings. The lowest BCUT2D eigenvalue weighted by Crippen LogP contribution is -2.54. The third-order valence-corrected chi connectivity index (χ3v) is 7.11. The van der Waals surface area contributed by atoms with E-state index in [4.69, 9.17) is 11.6 Å². The molecule has 0 radical (unpaired) electrons. The van der Waals surface area contributed by atoms with Crippen LogP contribution in [0.2, 0.25) is 5.02 Å². The van der Waals surface area contributed by atoms with E-state index in [-0.39, 0.29) is 51.6 Å². The minimum atomic E-state index is -0.716. The molecule has 4 heterocycles. The fourth-order valence-electron chi connectivity index (χ4n) is 4.91. The standard InChI is InChI=1S/C27H27ClFN7O3/c1-5-21(38)33-11-12-35(16(4)14-33)24-17-13-18(28)23(22-19(29)7-6-8-20(22)37)31-25(17)36(27(39)32-24)26-30-9-10-34(26)15(2)3/h5-10,13,15-16,37H,1,11-12,14H2,2-4H3/t16-/m0/s1. The lowest BCUT2D eigenvalue weighted by Gasteiger charge is -2.40. The zero-order valence-electron chi connectivity index (χ0n) is 21.7. The van der Waals surface area contributed by atoms with Crippen molar-refractivity contribution in [2.24, 2.45) is 0 Å². The van der Waals surface area contributed by atoms with Crippen molar-refractivity contribution in [2.75, 3.05) is 24.5 Å². The molecule has 39 heavy (non-hydrogen) atoms. The molecule has 1 N–H and O–H groups in total. The molecule has 1 fully saturated rings. The highest BCUT2D eigenvalue weighted by atomic mass is 35.5. The van der Waals surface area contributed by atoms with Crippen molar-refractivity contribution in [2.45, 2.75) is 32.9 Å². The number of rotatable bonds is 5. The number of halogens is 2. The van der Waals surface area contributed by atoms with Crippen LogP contribution in [0.1, 0.15) is 26.8 Å². The maximum atomic E-state index is 14.9. The Balaban J connectivity index is 1.78. The Morgan fingerprint density at radius 3 is 2.72 bits per heavy atom. The Morgan fingerprint density at radius 2 is 2.05 bits per heavy atom. The summed E-state index contributed by atoms with van der Waals surface area (Å²) in [5, 5.41) is 11.0. The second-order valence-corrected chi connectivity index (χ2v) is 10.0. The summed E-state index contributed by atoms with van der Waals surface area (Å²) in [6, 6.07) is 5.24. The van der Waals surface area contributed by atoms with Gasteiger partial charge in [-0.1, -0.05) is 24.2 Å². The summed E-state index contributed by atoms with van der Waals surface area (Å²) >= 11 is 6.65. The molecule has 12 heteroatoms. The van der Waals surface area contributed by atoms with Crippen LogP contribution in [0, 0.1) is 5.82 Å². The van der Waals surface area contributed by atoms with E-state index in [9.17, 15) is 19.1 Å². The molecule has 1 aromatic carbocycles. The minimum absolute atomic E-state index is 0.0258. The van der Waals surface area contributed by atoms with Crippen LogP contribution in [0.5, 0.6) is 5.75 Å². The van der Waals surface area contributed by atoms with Gasteiger partial charge in [-0.05, 0) is 45.0 Å². The Labute approximate surface area is 228 Å². The van der Waals surface area contributed by atoms with Crippen LogP contribution < -0.4 is 10.6 Å². The van der Waals surface area contributed by atoms with Crippen LogP contribution >= 0.6 is 11.6 Å². The van der Waals surface area contributed by atoms with E-state index in [2.05, 4.69) is 21.5 Å². The summed E-state index contributed by atoms with van der Waals surface area (Å²) in [6.07, 6.45) is 4.58. The summed E-state index contributed by atoms with van der Waals surface area (Å²) in [5.41, 5.74) is -0.695. The van der Waals surface area contributed by atoms with Crippen molar-refractivity contribution >= 4 is 34.4 Å². The van der Waals surface area contributed by atoms with Crippen LogP contribution in [0.25, 0.3) is 28.2 Å². The van der Waals surface area contributed by atoms with Crippen LogP contribution in [-0.4, -0.2) is 65.7 Å². The van der Waals surface area contributed by atoms with Gasteiger partial charge in [0, 0.05) is 44.1 Å². The van der Waals surface area contributed by atoms with Crippen molar-refractivity contribution in [3.8, 4) is 23.0 Å². The third kappa shape index (κ3) is 4.52. The number of piperazine rings is 1. The van der Waals surface area contributed by atoms with E-state index < -0.39 is 11.5 Å². The van der Waals surface area contributed by atoms with Gasteiger partial charge in [-0.3, -0.25) is 4.79 Å². The molecule has 0 aliphatic carbocycles. The molecule has 1 atom stereocenters. The number of pyridine rings is 1. The molecular formula is C27H27ClFN7O3. The largest absolute Gasteiger partial charge is 0.507 e. The quantitative estimate of drug-likeness (QED) is 0.374. The Bertz CT molecular complexity index is 1650. The Kier molecular flexibility index (Phi) is 6.85. The van der Waals surface area contributed by atoms with Gasteiger partial charge in [-0.2, -0.15) is 4.98 Å². The van der Waals surface area contributed by atoms with Crippen molar-refractivity contribution in [1.29, 1.82) is 0 Å². The van der Waals surface area contributed by atoms with E-state index in [1.165, 1.54) is 28.8 Å². The predicted octanol–water partition coefficient (Wildman–Crippen LogP) is 3.95. The average molecular weight is 552 g/mol. The first-order valence-electron chi connectivity index (χ1n) is 12.4. The first-order chi connectivity index (χ1) is 18.6. The fraction of sp³-hybridized carbons (Fsp3) is 0.296. The number of nitrogens with zero attached hydrogens (tertiary/aromatic N) is 7. The number of phenolic OH excluding ortho intramolecular Hbond substituents is 1. The highest BCUT2D eigenvalue weighted by Gasteiger charge is 2.30. The number of hydrogen-bond donors (Lipinski definition) is 1. The van der Waals surface area contributed by atoms with Crippen LogP contribution in [0.4, 0.5) is 10.2 Å². The topological polar surface area (TPSA) is 109 Å². The number of hydrogen-bond acceptors (Lipinski definition) is 7. The number of benzene rings is 1. The van der Waals surface area contributed by atoms with Gasteiger partial charge in [0.15, 0.2) is 5.65 Å². The van der Waals surface area contributed by atoms with Gasteiger partial charge < -0.3 is 19.5 Å². The van der Waals surface area contributed by atoms with Crippen LogP contribution in [0.15, 0.2) is 54.1 Å². The smallest absolute Gasteiger partial charge is 0.358 e. The van der Waals surface area contributed by atoms with E-state index in [0.717, 1.165) is 0 Å². The van der Waals surface area contributed by atoms with E-state index in [1.807, 2.05) is 25.7 Å². The molecule has 0 bridgehead atoms. The zero-order chi connectivity index (χ0) is 28.0. The Morgan fingerprint density at radius 1 is 1.28 bits per heavy atom. The van der Waals surface area contributed by atoms with E-state index >= 15 is 0 Å². The third-order valence-electron chi connectivity index (χ3n) is 6.82. The van der Waals surface area contributed by atoms with Crippen LogP contribution in [0.3, 0.4) is 0 Å². The lowest BCUT2D eigenvalue weighted by atomic mass is 10.1. The van der Waals surface area contributed by atoms with Gasteiger partial charge in [-0.15, -0.1) is 0 Å². The van der Waals surface area contributed by atoms with Crippen molar-refractivity contribution < 1.29 is 14.3 Å². The number of fused-ring (bicyclic) bond motifs is 1. The monoisotopic (exact) mass is 551 g/mol. The van der Waals surface area contributed by atoms with Gasteiger partial charge >= 0.3 is 5.69 Å². The maximum absolute atomic E-state index is 14.9.